The number of benzene rings is 1. The van der Waals surface area contributed by atoms with Crippen LogP contribution in [-0.2, 0) is 0 Å². The zero-order chi connectivity index (χ0) is 18.7. The van der Waals surface area contributed by atoms with Gasteiger partial charge in [0.15, 0.2) is 0 Å². The van der Waals surface area contributed by atoms with Crippen LogP contribution in [0.2, 0.25) is 0 Å². The molecule has 4 nitrogen and oxygen atoms in total. The number of carbonyl (C=O) groups excluding carboxylic acids is 1. The van der Waals surface area contributed by atoms with Gasteiger partial charge in [0.1, 0.15) is 0 Å². The first kappa shape index (κ1) is 18.2. The third-order valence-electron chi connectivity index (χ3n) is 6.46. The molecule has 0 N–H and O–H groups in total. The molecule has 4 heteroatoms. The molecule has 1 atom stereocenters. The average Bonchev–Trinajstić information content (AvgIpc) is 2.75. The zero-order valence-electron chi connectivity index (χ0n) is 16.2. The minimum Gasteiger partial charge on any atom is -0.339 e. The van der Waals surface area contributed by atoms with Gasteiger partial charge in [-0.1, -0.05) is 37.3 Å². The Hall–Kier alpha value is -2.20. The van der Waals surface area contributed by atoms with Crippen LogP contribution in [0, 0.1) is 5.41 Å². The first-order valence-corrected chi connectivity index (χ1v) is 10.2. The van der Waals surface area contributed by atoms with Gasteiger partial charge in [-0.15, -0.1) is 0 Å². The summed E-state index contributed by atoms with van der Waals surface area (Å²) in [5, 5.41) is 0. The normalized spacial score (nSPS) is 22.7. The predicted octanol–water partition coefficient (Wildman–Crippen LogP) is 3.81. The molecule has 1 spiro atoms. The van der Waals surface area contributed by atoms with E-state index >= 15 is 0 Å². The molecule has 2 aromatic rings. The number of likely N-dealkylation sites (tertiary alicyclic amines) is 2. The fourth-order valence-corrected chi connectivity index (χ4v) is 4.91. The fourth-order valence-electron chi connectivity index (χ4n) is 4.91. The van der Waals surface area contributed by atoms with Crippen molar-refractivity contribution in [2.45, 2.75) is 32.1 Å². The number of hydrogen-bond donors (Lipinski definition) is 0. The molecule has 1 unspecified atom stereocenters. The lowest BCUT2D eigenvalue weighted by Crippen LogP contribution is -2.52. The summed E-state index contributed by atoms with van der Waals surface area (Å²) in [5.74, 6) is 0.723. The Morgan fingerprint density at radius 1 is 1.15 bits per heavy atom. The summed E-state index contributed by atoms with van der Waals surface area (Å²) in [6, 6.07) is 14.7. The van der Waals surface area contributed by atoms with Crippen LogP contribution < -0.4 is 0 Å². The number of amides is 1. The van der Waals surface area contributed by atoms with Crippen molar-refractivity contribution in [2.24, 2.45) is 5.41 Å². The Balaban J connectivity index is 1.46. The van der Waals surface area contributed by atoms with Crippen LogP contribution in [0.1, 0.15) is 48.0 Å². The lowest BCUT2D eigenvalue weighted by Gasteiger charge is -2.50. The number of piperidine rings is 2. The highest BCUT2D eigenvalue weighted by molar-refractivity contribution is 5.93. The summed E-state index contributed by atoms with van der Waals surface area (Å²) in [7, 11) is 0. The maximum absolute atomic E-state index is 12.8. The van der Waals surface area contributed by atoms with Crippen LogP contribution in [0.15, 0.2) is 54.9 Å². The van der Waals surface area contributed by atoms with E-state index in [2.05, 4.69) is 47.1 Å². The predicted molar refractivity (Wildman–Crippen MR) is 108 cm³/mol. The molecule has 2 aliphatic rings. The molecule has 0 aliphatic carbocycles. The quantitative estimate of drug-likeness (QED) is 0.832. The molecule has 2 saturated heterocycles. The molecule has 2 fully saturated rings. The van der Waals surface area contributed by atoms with Crippen molar-refractivity contribution in [1.29, 1.82) is 0 Å². The first-order chi connectivity index (χ1) is 13.2. The number of rotatable bonds is 3. The third kappa shape index (κ3) is 3.91. The summed E-state index contributed by atoms with van der Waals surface area (Å²) in [4.78, 5) is 21.5. The molecule has 0 radical (unpaired) electrons. The van der Waals surface area contributed by atoms with Crippen LogP contribution in [0.25, 0.3) is 0 Å². The topological polar surface area (TPSA) is 36.4 Å². The van der Waals surface area contributed by atoms with Crippen molar-refractivity contribution in [3.63, 3.8) is 0 Å². The molecule has 142 valence electrons. The largest absolute Gasteiger partial charge is 0.339 e. The van der Waals surface area contributed by atoms with E-state index in [4.69, 9.17) is 0 Å². The van der Waals surface area contributed by atoms with Crippen LogP contribution in [0.4, 0.5) is 0 Å². The smallest absolute Gasteiger partial charge is 0.255 e. The van der Waals surface area contributed by atoms with Crippen LogP contribution >= 0.6 is 0 Å². The van der Waals surface area contributed by atoms with Gasteiger partial charge in [-0.2, -0.15) is 0 Å². The summed E-state index contributed by atoms with van der Waals surface area (Å²) in [6.07, 6.45) is 6.82. The molecule has 27 heavy (non-hydrogen) atoms. The highest BCUT2D eigenvalue weighted by Gasteiger charge is 2.42. The van der Waals surface area contributed by atoms with Crippen molar-refractivity contribution in [3.8, 4) is 0 Å². The van der Waals surface area contributed by atoms with Gasteiger partial charge < -0.3 is 9.80 Å². The van der Waals surface area contributed by atoms with Gasteiger partial charge in [0.05, 0.1) is 5.56 Å². The maximum atomic E-state index is 12.8. The second-order valence-corrected chi connectivity index (χ2v) is 8.17. The highest BCUT2D eigenvalue weighted by atomic mass is 16.2. The van der Waals surface area contributed by atoms with E-state index in [1.54, 1.807) is 12.4 Å². The fraction of sp³-hybridized carbons (Fsp3) is 0.478. The van der Waals surface area contributed by atoms with Gasteiger partial charge in [-0.25, -0.2) is 0 Å². The molecule has 0 saturated carbocycles. The van der Waals surface area contributed by atoms with Gasteiger partial charge in [-0.3, -0.25) is 9.78 Å². The van der Waals surface area contributed by atoms with Gasteiger partial charge >= 0.3 is 0 Å². The summed E-state index contributed by atoms with van der Waals surface area (Å²) < 4.78 is 0. The van der Waals surface area contributed by atoms with Gasteiger partial charge in [0, 0.05) is 38.6 Å². The van der Waals surface area contributed by atoms with Crippen molar-refractivity contribution >= 4 is 5.91 Å². The zero-order valence-corrected chi connectivity index (χ0v) is 16.2. The third-order valence-corrected chi connectivity index (χ3v) is 6.46. The lowest BCUT2D eigenvalue weighted by atomic mass is 9.68. The number of aromatic nitrogens is 1. The Kier molecular flexibility index (Phi) is 5.26. The first-order valence-electron chi connectivity index (χ1n) is 10.2. The molecular formula is C23H29N3O. The van der Waals surface area contributed by atoms with E-state index in [1.807, 2.05) is 17.0 Å². The Labute approximate surface area is 162 Å². The second kappa shape index (κ2) is 7.81. The van der Waals surface area contributed by atoms with E-state index in [9.17, 15) is 4.79 Å². The van der Waals surface area contributed by atoms with E-state index in [0.29, 0.717) is 16.9 Å². The molecule has 0 bridgehead atoms. The summed E-state index contributed by atoms with van der Waals surface area (Å²) in [6.45, 7) is 7.40. The van der Waals surface area contributed by atoms with E-state index < -0.39 is 0 Å². The average molecular weight is 364 g/mol. The SMILES string of the molecule is CCN1CC(c2ccccc2)CC2(CCN(C(=O)c3cccnc3)CC2)C1. The molecule has 4 rings (SSSR count). The standard InChI is InChI=1S/C23H29N3O/c1-2-25-17-21(19-7-4-3-5-8-19)15-23(18-25)10-13-26(14-11-23)22(27)20-9-6-12-24-16-20/h3-9,12,16,21H,2,10-11,13-15,17-18H2,1H3. The highest BCUT2D eigenvalue weighted by Crippen LogP contribution is 2.45. The molecule has 1 amide bonds. The molecule has 1 aromatic carbocycles. The van der Waals surface area contributed by atoms with Crippen LogP contribution in [0.3, 0.4) is 0 Å². The molecular weight excluding hydrogens is 334 g/mol. The minimum absolute atomic E-state index is 0.126. The number of hydrogen-bond acceptors (Lipinski definition) is 3. The molecule has 1 aromatic heterocycles. The van der Waals surface area contributed by atoms with Gasteiger partial charge in [0.2, 0.25) is 0 Å². The number of pyridine rings is 1. The Morgan fingerprint density at radius 3 is 2.59 bits per heavy atom. The summed E-state index contributed by atoms with van der Waals surface area (Å²) >= 11 is 0. The van der Waals surface area contributed by atoms with E-state index in [0.717, 1.165) is 39.0 Å². The number of nitrogens with zero attached hydrogens (tertiary/aromatic N) is 3. The maximum Gasteiger partial charge on any atom is 0.255 e. The Bertz CT molecular complexity index is 754. The van der Waals surface area contributed by atoms with Crippen LogP contribution in [0.5, 0.6) is 0 Å². The lowest BCUT2D eigenvalue weighted by molar-refractivity contribution is 0.0158. The van der Waals surface area contributed by atoms with E-state index in [-0.39, 0.29) is 5.91 Å². The Morgan fingerprint density at radius 2 is 1.93 bits per heavy atom. The van der Waals surface area contributed by atoms with Gasteiger partial charge in [0.25, 0.3) is 5.91 Å². The second-order valence-electron chi connectivity index (χ2n) is 8.17. The van der Waals surface area contributed by atoms with Crippen molar-refractivity contribution in [2.75, 3.05) is 32.7 Å². The van der Waals surface area contributed by atoms with Crippen molar-refractivity contribution in [1.82, 2.24) is 14.8 Å². The van der Waals surface area contributed by atoms with Crippen molar-refractivity contribution < 1.29 is 4.79 Å². The van der Waals surface area contributed by atoms with Crippen molar-refractivity contribution in [3.05, 3.63) is 66.0 Å². The van der Waals surface area contributed by atoms with Gasteiger partial charge in [-0.05, 0) is 54.8 Å². The monoisotopic (exact) mass is 363 g/mol. The molecule has 2 aliphatic heterocycles. The number of likely N-dealkylation sites (N-methyl/N-ethyl adjacent to an activating group) is 1. The number of carbonyl (C=O) groups is 1. The summed E-state index contributed by atoms with van der Waals surface area (Å²) in [5.41, 5.74) is 2.50. The minimum atomic E-state index is 0.126. The molecule has 3 heterocycles. The van der Waals surface area contributed by atoms with E-state index in [1.165, 1.54) is 18.5 Å². The van der Waals surface area contributed by atoms with Crippen LogP contribution in [-0.4, -0.2) is 53.4 Å².